The van der Waals surface area contributed by atoms with Crippen molar-refractivity contribution in [2.24, 2.45) is 5.73 Å². The SMILES string of the molecule is CCN(CC)c1ncc(C(=N)N)cn1. The van der Waals surface area contributed by atoms with Crippen molar-refractivity contribution in [1.82, 2.24) is 9.97 Å². The number of nitrogen functional groups attached to an aromatic ring is 1. The second-order valence-corrected chi connectivity index (χ2v) is 2.86. The van der Waals surface area contributed by atoms with Crippen molar-refractivity contribution in [2.75, 3.05) is 18.0 Å². The fourth-order valence-electron chi connectivity index (χ4n) is 1.13. The molecule has 5 nitrogen and oxygen atoms in total. The van der Waals surface area contributed by atoms with Gasteiger partial charge in [-0.1, -0.05) is 0 Å². The first-order chi connectivity index (χ1) is 6.69. The molecule has 1 heterocycles. The number of anilines is 1. The number of nitrogens with two attached hydrogens (primary N) is 1. The van der Waals surface area contributed by atoms with E-state index in [2.05, 4.69) is 9.97 Å². The maximum absolute atomic E-state index is 7.19. The Labute approximate surface area is 83.5 Å². The molecule has 0 atom stereocenters. The normalized spacial score (nSPS) is 9.86. The van der Waals surface area contributed by atoms with Crippen LogP contribution in [0.15, 0.2) is 12.4 Å². The highest BCUT2D eigenvalue weighted by Gasteiger charge is 2.05. The lowest BCUT2D eigenvalue weighted by molar-refractivity contribution is 0.820. The first-order valence-corrected chi connectivity index (χ1v) is 4.60. The van der Waals surface area contributed by atoms with Gasteiger partial charge in [-0.3, -0.25) is 5.41 Å². The largest absolute Gasteiger partial charge is 0.384 e. The minimum Gasteiger partial charge on any atom is -0.384 e. The Kier molecular flexibility index (Phi) is 3.39. The van der Waals surface area contributed by atoms with E-state index < -0.39 is 0 Å². The summed E-state index contributed by atoms with van der Waals surface area (Å²) in [4.78, 5) is 10.3. The molecule has 0 spiro atoms. The number of nitrogens with zero attached hydrogens (tertiary/aromatic N) is 3. The van der Waals surface area contributed by atoms with E-state index >= 15 is 0 Å². The molecule has 1 aromatic heterocycles. The Morgan fingerprint density at radius 1 is 1.36 bits per heavy atom. The molecule has 0 saturated heterocycles. The summed E-state index contributed by atoms with van der Waals surface area (Å²) < 4.78 is 0. The smallest absolute Gasteiger partial charge is 0.225 e. The van der Waals surface area contributed by atoms with Crippen LogP contribution in [-0.2, 0) is 0 Å². The van der Waals surface area contributed by atoms with Crippen LogP contribution in [0.5, 0.6) is 0 Å². The standard InChI is InChI=1S/C9H15N5/c1-3-14(4-2)9-12-5-7(6-13-9)8(10)11/h5-6H,3-4H2,1-2H3,(H3,10,11). The van der Waals surface area contributed by atoms with E-state index in [1.165, 1.54) is 0 Å². The number of hydrogen-bond donors (Lipinski definition) is 2. The Morgan fingerprint density at radius 2 is 1.86 bits per heavy atom. The van der Waals surface area contributed by atoms with Crippen LogP contribution in [0.4, 0.5) is 5.95 Å². The van der Waals surface area contributed by atoms with Crippen molar-refractivity contribution < 1.29 is 0 Å². The quantitative estimate of drug-likeness (QED) is 0.542. The van der Waals surface area contributed by atoms with Crippen molar-refractivity contribution in [3.05, 3.63) is 18.0 Å². The Hall–Kier alpha value is -1.65. The highest BCUT2D eigenvalue weighted by atomic mass is 15.2. The van der Waals surface area contributed by atoms with E-state index in [9.17, 15) is 0 Å². The molecule has 0 saturated carbocycles. The molecular formula is C9H15N5. The number of amidine groups is 1. The number of aromatic nitrogens is 2. The molecule has 5 heteroatoms. The summed E-state index contributed by atoms with van der Waals surface area (Å²) in [5, 5.41) is 7.19. The molecule has 0 amide bonds. The van der Waals surface area contributed by atoms with Gasteiger partial charge in [0.15, 0.2) is 0 Å². The summed E-state index contributed by atoms with van der Waals surface area (Å²) >= 11 is 0. The Morgan fingerprint density at radius 3 is 2.21 bits per heavy atom. The van der Waals surface area contributed by atoms with Gasteiger partial charge < -0.3 is 10.6 Å². The van der Waals surface area contributed by atoms with Gasteiger partial charge in [-0.05, 0) is 13.8 Å². The lowest BCUT2D eigenvalue weighted by atomic mass is 10.3. The third-order valence-electron chi connectivity index (χ3n) is 2.00. The van der Waals surface area contributed by atoms with E-state index in [0.717, 1.165) is 13.1 Å². The van der Waals surface area contributed by atoms with Crippen LogP contribution >= 0.6 is 0 Å². The Balaban J connectivity index is 2.87. The molecule has 0 fully saturated rings. The van der Waals surface area contributed by atoms with E-state index in [0.29, 0.717) is 11.5 Å². The average Bonchev–Trinajstić information content (AvgIpc) is 2.20. The summed E-state index contributed by atoms with van der Waals surface area (Å²) in [6.45, 7) is 5.84. The molecule has 3 N–H and O–H groups in total. The van der Waals surface area contributed by atoms with Gasteiger partial charge in [0.05, 0.1) is 5.56 Å². The van der Waals surface area contributed by atoms with E-state index in [-0.39, 0.29) is 5.84 Å². The van der Waals surface area contributed by atoms with Crippen LogP contribution < -0.4 is 10.6 Å². The number of nitrogens with one attached hydrogen (secondary N) is 1. The van der Waals surface area contributed by atoms with Crippen molar-refractivity contribution in [2.45, 2.75) is 13.8 Å². The van der Waals surface area contributed by atoms with Crippen LogP contribution in [0.3, 0.4) is 0 Å². The second kappa shape index (κ2) is 4.55. The van der Waals surface area contributed by atoms with Crippen LogP contribution in [0.1, 0.15) is 19.4 Å². The molecule has 76 valence electrons. The number of rotatable bonds is 4. The average molecular weight is 193 g/mol. The molecule has 0 aliphatic heterocycles. The number of hydrogen-bond acceptors (Lipinski definition) is 4. The lowest BCUT2D eigenvalue weighted by Gasteiger charge is -2.17. The van der Waals surface area contributed by atoms with Crippen LogP contribution in [0, 0.1) is 5.41 Å². The van der Waals surface area contributed by atoms with Crippen molar-refractivity contribution in [1.29, 1.82) is 5.41 Å². The van der Waals surface area contributed by atoms with Gasteiger partial charge >= 0.3 is 0 Å². The minimum atomic E-state index is -0.00361. The van der Waals surface area contributed by atoms with Crippen molar-refractivity contribution in [3.8, 4) is 0 Å². The Bertz CT molecular complexity index is 301. The predicted molar refractivity (Wildman–Crippen MR) is 56.6 cm³/mol. The van der Waals surface area contributed by atoms with Gasteiger partial charge in [-0.15, -0.1) is 0 Å². The molecule has 1 rings (SSSR count). The summed E-state index contributed by atoms with van der Waals surface area (Å²) in [5.41, 5.74) is 5.85. The monoisotopic (exact) mass is 193 g/mol. The molecule has 0 aliphatic carbocycles. The van der Waals surface area contributed by atoms with Gasteiger partial charge in [-0.2, -0.15) is 0 Å². The molecule has 0 aromatic carbocycles. The van der Waals surface area contributed by atoms with Crippen molar-refractivity contribution >= 4 is 11.8 Å². The first kappa shape index (κ1) is 10.4. The zero-order valence-corrected chi connectivity index (χ0v) is 8.49. The maximum Gasteiger partial charge on any atom is 0.225 e. The predicted octanol–water partition coefficient (Wildman–Crippen LogP) is 0.607. The lowest BCUT2D eigenvalue weighted by Crippen LogP contribution is -2.24. The van der Waals surface area contributed by atoms with Crippen LogP contribution in [-0.4, -0.2) is 28.9 Å². The van der Waals surface area contributed by atoms with Gasteiger partial charge in [0.25, 0.3) is 0 Å². The van der Waals surface area contributed by atoms with E-state index in [1.807, 2.05) is 18.7 Å². The maximum atomic E-state index is 7.19. The summed E-state index contributed by atoms with van der Waals surface area (Å²) in [7, 11) is 0. The third kappa shape index (κ3) is 2.18. The molecule has 0 bridgehead atoms. The minimum absolute atomic E-state index is 0.00361. The van der Waals surface area contributed by atoms with Crippen LogP contribution in [0.25, 0.3) is 0 Å². The van der Waals surface area contributed by atoms with Gasteiger partial charge in [-0.25, -0.2) is 9.97 Å². The summed E-state index contributed by atoms with van der Waals surface area (Å²) in [5.74, 6) is 0.677. The molecule has 14 heavy (non-hydrogen) atoms. The topological polar surface area (TPSA) is 78.9 Å². The second-order valence-electron chi connectivity index (χ2n) is 2.86. The highest BCUT2D eigenvalue weighted by Crippen LogP contribution is 2.05. The van der Waals surface area contributed by atoms with E-state index in [1.54, 1.807) is 12.4 Å². The first-order valence-electron chi connectivity index (χ1n) is 4.60. The van der Waals surface area contributed by atoms with Gasteiger partial charge in [0, 0.05) is 25.5 Å². The zero-order chi connectivity index (χ0) is 10.6. The third-order valence-corrected chi connectivity index (χ3v) is 2.00. The fourth-order valence-corrected chi connectivity index (χ4v) is 1.13. The molecule has 0 unspecified atom stereocenters. The summed E-state index contributed by atoms with van der Waals surface area (Å²) in [6.07, 6.45) is 3.14. The highest BCUT2D eigenvalue weighted by molar-refractivity contribution is 5.94. The molecule has 1 aromatic rings. The van der Waals surface area contributed by atoms with E-state index in [4.69, 9.17) is 11.1 Å². The van der Waals surface area contributed by atoms with Gasteiger partial charge in [0.1, 0.15) is 5.84 Å². The van der Waals surface area contributed by atoms with Gasteiger partial charge in [0.2, 0.25) is 5.95 Å². The van der Waals surface area contributed by atoms with Crippen LogP contribution in [0.2, 0.25) is 0 Å². The van der Waals surface area contributed by atoms with Crippen molar-refractivity contribution in [3.63, 3.8) is 0 Å². The summed E-state index contributed by atoms with van der Waals surface area (Å²) in [6, 6.07) is 0. The molecule has 0 aliphatic rings. The molecular weight excluding hydrogens is 178 g/mol. The fraction of sp³-hybridized carbons (Fsp3) is 0.444. The zero-order valence-electron chi connectivity index (χ0n) is 8.49. The molecule has 0 radical (unpaired) electrons.